The minimum atomic E-state index is -4.55. The Kier molecular flexibility index (Phi) is 2.98. The van der Waals surface area contributed by atoms with Crippen LogP contribution in [0, 0.1) is 0 Å². The van der Waals surface area contributed by atoms with E-state index in [2.05, 4.69) is 0 Å². The number of rotatable bonds is 2. The number of benzene rings is 1. The molecule has 1 heterocycles. The number of alkyl halides is 3. The summed E-state index contributed by atoms with van der Waals surface area (Å²) in [7, 11) is -3.78. The Bertz CT molecular complexity index is 618. The van der Waals surface area contributed by atoms with Gasteiger partial charge in [0.05, 0.1) is 10.5 Å². The van der Waals surface area contributed by atoms with Gasteiger partial charge in [0.1, 0.15) is 0 Å². The lowest BCUT2D eigenvalue weighted by Crippen LogP contribution is -2.07. The smallest absolute Gasteiger partial charge is 0.330 e. The number of nitrogens with two attached hydrogens (primary N) is 1. The monoisotopic (exact) mass is 277 g/mol. The van der Waals surface area contributed by atoms with Gasteiger partial charge in [-0.2, -0.15) is 13.2 Å². The topological polar surface area (TPSA) is 60.2 Å². The van der Waals surface area contributed by atoms with Gasteiger partial charge in [0.25, 0.3) is 0 Å². The lowest BCUT2D eigenvalue weighted by Gasteiger charge is -2.09. The minimum absolute atomic E-state index is 0.238. The first kappa shape index (κ1) is 13.1. The van der Waals surface area contributed by atoms with Crippen LogP contribution in [0.25, 0.3) is 5.57 Å². The molecule has 98 valence electrons. The van der Waals surface area contributed by atoms with E-state index in [0.717, 1.165) is 11.5 Å². The number of hydrogen-bond acceptors (Lipinski definition) is 3. The highest BCUT2D eigenvalue weighted by molar-refractivity contribution is 7.95. The van der Waals surface area contributed by atoms with Gasteiger partial charge < -0.3 is 5.73 Å². The first-order valence-electron chi connectivity index (χ1n) is 5.13. The van der Waals surface area contributed by atoms with E-state index in [1.54, 1.807) is 0 Å². The summed E-state index contributed by atoms with van der Waals surface area (Å²) in [6.45, 7) is 0.238. The van der Waals surface area contributed by atoms with E-state index in [4.69, 9.17) is 5.73 Å². The average Bonchev–Trinajstić information content (AvgIpc) is 2.50. The summed E-state index contributed by atoms with van der Waals surface area (Å²) in [5.74, 6) is 0. The molecule has 1 aliphatic heterocycles. The molecule has 7 heteroatoms. The fraction of sp³-hybridized carbons (Fsp3) is 0.273. The van der Waals surface area contributed by atoms with Gasteiger partial charge in [-0.15, -0.1) is 0 Å². The van der Waals surface area contributed by atoms with Gasteiger partial charge in [-0.25, -0.2) is 8.42 Å². The van der Waals surface area contributed by atoms with Crippen LogP contribution in [0.15, 0.2) is 28.5 Å². The summed E-state index contributed by atoms with van der Waals surface area (Å²) in [5.41, 5.74) is 5.14. The van der Waals surface area contributed by atoms with E-state index in [1.807, 2.05) is 0 Å². The summed E-state index contributed by atoms with van der Waals surface area (Å²) in [5, 5.41) is 0.991. The van der Waals surface area contributed by atoms with E-state index in [9.17, 15) is 21.6 Å². The molecule has 0 aliphatic carbocycles. The predicted octanol–water partition coefficient (Wildman–Crippen LogP) is 2.18. The Morgan fingerprint density at radius 2 is 1.89 bits per heavy atom. The lowest BCUT2D eigenvalue weighted by atomic mass is 10.0. The SMILES string of the molecule is NCCC1=CS(=O)(=O)c2cc(C(F)(F)F)ccc21. The predicted molar refractivity (Wildman–Crippen MR) is 60.3 cm³/mol. The van der Waals surface area contributed by atoms with Crippen LogP contribution in [0.1, 0.15) is 17.5 Å². The first-order chi connectivity index (χ1) is 8.25. The third kappa shape index (κ3) is 2.15. The lowest BCUT2D eigenvalue weighted by molar-refractivity contribution is -0.137. The molecule has 0 spiro atoms. The normalized spacial score (nSPS) is 17.4. The number of sulfone groups is 1. The standard InChI is InChI=1S/C11H10F3NO2S/c12-11(13,14)8-1-2-9-7(3-4-15)6-18(16,17)10(9)5-8/h1-2,5-6H,3-4,15H2. The third-order valence-electron chi connectivity index (χ3n) is 2.67. The molecule has 0 radical (unpaired) electrons. The molecule has 18 heavy (non-hydrogen) atoms. The minimum Gasteiger partial charge on any atom is -0.330 e. The van der Waals surface area contributed by atoms with Crippen LogP contribution in [0.2, 0.25) is 0 Å². The number of fused-ring (bicyclic) bond motifs is 1. The Morgan fingerprint density at radius 3 is 2.44 bits per heavy atom. The number of halogens is 3. The third-order valence-corrected chi connectivity index (χ3v) is 4.22. The molecule has 2 rings (SSSR count). The van der Waals surface area contributed by atoms with Crippen molar-refractivity contribution in [3.8, 4) is 0 Å². The van der Waals surface area contributed by atoms with Crippen molar-refractivity contribution >= 4 is 15.4 Å². The molecule has 1 aromatic rings. The van der Waals surface area contributed by atoms with Crippen molar-refractivity contribution in [2.75, 3.05) is 6.54 Å². The molecule has 3 nitrogen and oxygen atoms in total. The second-order valence-electron chi connectivity index (χ2n) is 3.94. The summed E-state index contributed by atoms with van der Waals surface area (Å²) >= 11 is 0. The quantitative estimate of drug-likeness (QED) is 0.901. The Balaban J connectivity index is 2.58. The maximum absolute atomic E-state index is 12.5. The highest BCUT2D eigenvalue weighted by atomic mass is 32.2. The Labute approximate surface area is 102 Å². The summed E-state index contributed by atoms with van der Waals surface area (Å²) in [6.07, 6.45) is -4.24. The zero-order valence-corrected chi connectivity index (χ0v) is 9.98. The van der Waals surface area contributed by atoms with E-state index in [0.29, 0.717) is 23.6 Å². The van der Waals surface area contributed by atoms with Crippen molar-refractivity contribution in [2.24, 2.45) is 5.73 Å². The van der Waals surface area contributed by atoms with Crippen LogP contribution in [0.5, 0.6) is 0 Å². The van der Waals surface area contributed by atoms with Crippen LogP contribution in [-0.2, 0) is 16.0 Å². The van der Waals surface area contributed by atoms with Crippen LogP contribution < -0.4 is 5.73 Å². The van der Waals surface area contributed by atoms with Gasteiger partial charge in [-0.05, 0) is 36.2 Å². The highest BCUT2D eigenvalue weighted by Crippen LogP contribution is 2.39. The molecule has 0 bridgehead atoms. The molecule has 0 saturated heterocycles. The molecule has 0 unspecified atom stereocenters. The van der Waals surface area contributed by atoms with Crippen molar-refractivity contribution in [1.82, 2.24) is 0 Å². The molecule has 0 saturated carbocycles. The van der Waals surface area contributed by atoms with Crippen molar-refractivity contribution < 1.29 is 21.6 Å². The fourth-order valence-corrected chi connectivity index (χ4v) is 3.41. The van der Waals surface area contributed by atoms with E-state index >= 15 is 0 Å². The molecule has 0 aromatic heterocycles. The van der Waals surface area contributed by atoms with E-state index in [1.165, 1.54) is 6.07 Å². The summed E-state index contributed by atoms with van der Waals surface area (Å²) < 4.78 is 61.0. The van der Waals surface area contributed by atoms with Crippen molar-refractivity contribution in [1.29, 1.82) is 0 Å². The van der Waals surface area contributed by atoms with Crippen LogP contribution in [-0.4, -0.2) is 15.0 Å². The highest BCUT2D eigenvalue weighted by Gasteiger charge is 2.34. The molecule has 0 fully saturated rings. The van der Waals surface area contributed by atoms with E-state index in [-0.39, 0.29) is 11.4 Å². The molecular weight excluding hydrogens is 267 g/mol. The van der Waals surface area contributed by atoms with Gasteiger partial charge in [0.15, 0.2) is 0 Å². The van der Waals surface area contributed by atoms with Crippen LogP contribution in [0.3, 0.4) is 0 Å². The van der Waals surface area contributed by atoms with Crippen LogP contribution in [0.4, 0.5) is 13.2 Å². The molecule has 0 amide bonds. The van der Waals surface area contributed by atoms with Crippen LogP contribution >= 0.6 is 0 Å². The first-order valence-corrected chi connectivity index (χ1v) is 6.67. The molecule has 2 N–H and O–H groups in total. The molecule has 1 aromatic carbocycles. The van der Waals surface area contributed by atoms with Gasteiger partial charge in [-0.1, -0.05) is 6.07 Å². The maximum Gasteiger partial charge on any atom is 0.416 e. The second kappa shape index (κ2) is 4.10. The van der Waals surface area contributed by atoms with Gasteiger partial charge >= 0.3 is 6.18 Å². The Morgan fingerprint density at radius 1 is 1.22 bits per heavy atom. The summed E-state index contributed by atoms with van der Waals surface area (Å²) in [6, 6.07) is 2.74. The Hall–Kier alpha value is -1.34. The zero-order valence-electron chi connectivity index (χ0n) is 9.16. The van der Waals surface area contributed by atoms with Crippen molar-refractivity contribution in [3.63, 3.8) is 0 Å². The van der Waals surface area contributed by atoms with E-state index < -0.39 is 21.6 Å². The molecular formula is C11H10F3NO2S. The fourth-order valence-electron chi connectivity index (χ4n) is 1.86. The van der Waals surface area contributed by atoms with Gasteiger partial charge in [-0.3, -0.25) is 0 Å². The average molecular weight is 277 g/mol. The second-order valence-corrected chi connectivity index (χ2v) is 5.70. The molecule has 1 aliphatic rings. The number of hydrogen-bond donors (Lipinski definition) is 1. The van der Waals surface area contributed by atoms with Gasteiger partial charge in [0.2, 0.25) is 9.84 Å². The van der Waals surface area contributed by atoms with Crippen molar-refractivity contribution in [3.05, 3.63) is 34.7 Å². The summed E-state index contributed by atoms with van der Waals surface area (Å²) in [4.78, 5) is -0.291. The largest absolute Gasteiger partial charge is 0.416 e. The van der Waals surface area contributed by atoms with Gasteiger partial charge in [0, 0.05) is 5.41 Å². The zero-order chi connectivity index (χ0) is 13.6. The van der Waals surface area contributed by atoms with Crippen molar-refractivity contribution in [2.45, 2.75) is 17.5 Å². The maximum atomic E-state index is 12.5. The molecule has 0 atom stereocenters.